The largest absolute Gasteiger partial charge is 0 e. The van der Waals surface area contributed by atoms with Crippen molar-refractivity contribution in [3.05, 3.63) is 0 Å². The molecule has 0 aromatic carbocycles. The summed E-state index contributed by atoms with van der Waals surface area (Å²) < 4.78 is 0. The van der Waals surface area contributed by atoms with Crippen LogP contribution in [0.3, 0.4) is 0 Å². The molecule has 0 fully saturated rings. The molecule has 0 rings (SSSR count). The monoisotopic (exact) mass is 723 g/mol. The summed E-state index contributed by atoms with van der Waals surface area (Å²) in [5, 5.41) is 0. The van der Waals surface area contributed by atoms with Crippen LogP contribution in [-0.2, 0) is 164 Å². The van der Waals surface area contributed by atoms with Gasteiger partial charge in [0.15, 0.2) is 0 Å². The molecular formula is CaCd6. The van der Waals surface area contributed by atoms with Gasteiger partial charge in [0.2, 0.25) is 0 Å². The van der Waals surface area contributed by atoms with Crippen molar-refractivity contribution in [2.75, 3.05) is 0 Å². The Hall–Kier alpha value is 6.79. The standard InChI is InChI=1S/Ca.6Cd. The zero-order valence-electron chi connectivity index (χ0n) is 4.95. The fourth-order valence-electron chi connectivity index (χ4n) is 0. The van der Waals surface area contributed by atoms with Crippen molar-refractivity contribution in [2.24, 2.45) is 0 Å². The Morgan fingerprint density at radius 2 is 0.286 bits per heavy atom. The second-order valence-electron chi connectivity index (χ2n) is 0. The van der Waals surface area contributed by atoms with Crippen molar-refractivity contribution in [3.63, 3.8) is 0 Å². The van der Waals surface area contributed by atoms with E-state index in [-0.39, 0.29) is 202 Å². The third-order valence-corrected chi connectivity index (χ3v) is 0. The molecule has 0 atom stereocenters. The van der Waals surface area contributed by atoms with Crippen LogP contribution >= 0.6 is 0 Å². The number of rotatable bonds is 0. The Morgan fingerprint density at radius 3 is 0.286 bits per heavy atom. The quantitative estimate of drug-likeness (QED) is 0.301. The summed E-state index contributed by atoms with van der Waals surface area (Å²) in [6.07, 6.45) is 0. The van der Waals surface area contributed by atoms with E-state index in [0.717, 1.165) is 0 Å². The average Bonchev–Trinajstić information content (AvgIpc) is 0. The number of hydrogen-bond donors (Lipinski definition) is 0. The molecule has 14 valence electrons. The predicted molar refractivity (Wildman–Crippen MR) is 5.75 cm³/mol. The van der Waals surface area contributed by atoms with E-state index in [1.165, 1.54) is 0 Å². The van der Waals surface area contributed by atoms with Crippen molar-refractivity contribution in [2.45, 2.75) is 0 Å². The van der Waals surface area contributed by atoms with Crippen molar-refractivity contribution < 1.29 is 164 Å². The zero-order chi connectivity index (χ0) is 0. The summed E-state index contributed by atoms with van der Waals surface area (Å²) in [5.41, 5.74) is 0. The van der Waals surface area contributed by atoms with Gasteiger partial charge in [0.1, 0.15) is 0 Å². The predicted octanol–water partition coefficient (Wildman–Crippen LogP) is -0.396. The van der Waals surface area contributed by atoms with Gasteiger partial charge in [0.25, 0.3) is 0 Å². The van der Waals surface area contributed by atoms with E-state index in [4.69, 9.17) is 0 Å². The third kappa shape index (κ3) is 32.3. The Balaban J connectivity index is 0. The van der Waals surface area contributed by atoms with Gasteiger partial charge in [-0.1, -0.05) is 0 Å². The van der Waals surface area contributed by atoms with Crippen LogP contribution in [0.15, 0.2) is 0 Å². The van der Waals surface area contributed by atoms with Gasteiger partial charge in [0.05, 0.1) is 0 Å². The van der Waals surface area contributed by atoms with Crippen LogP contribution in [0.5, 0.6) is 0 Å². The van der Waals surface area contributed by atoms with Gasteiger partial charge in [-0.2, -0.15) is 0 Å². The maximum Gasteiger partial charge on any atom is 0 e. The van der Waals surface area contributed by atoms with Crippen LogP contribution in [0.2, 0.25) is 0 Å². The fourth-order valence-corrected chi connectivity index (χ4v) is 0. The van der Waals surface area contributed by atoms with Gasteiger partial charge in [-0.15, -0.1) is 0 Å². The van der Waals surface area contributed by atoms with E-state index in [2.05, 4.69) is 0 Å². The second-order valence-corrected chi connectivity index (χ2v) is 0. The molecule has 0 saturated carbocycles. The van der Waals surface area contributed by atoms with Crippen molar-refractivity contribution in [3.8, 4) is 0 Å². The van der Waals surface area contributed by atoms with Crippen LogP contribution in [0.4, 0.5) is 0 Å². The first-order chi connectivity index (χ1) is 0. The first kappa shape index (κ1) is 48.9. The van der Waals surface area contributed by atoms with Crippen molar-refractivity contribution in [1.29, 1.82) is 0 Å². The third-order valence-electron chi connectivity index (χ3n) is 0. The Morgan fingerprint density at radius 1 is 0.286 bits per heavy atom. The average molecular weight is 715 g/mol. The molecule has 0 aromatic heterocycles. The minimum Gasteiger partial charge on any atom is 0 e. The molecular weight excluding hydrogens is 715 g/mol. The van der Waals surface area contributed by atoms with Gasteiger partial charge < -0.3 is 0 Å². The number of hydrogen-bond acceptors (Lipinski definition) is 0. The molecule has 7 heteroatoms. The molecule has 0 aromatic rings. The molecule has 0 nitrogen and oxygen atoms in total. The van der Waals surface area contributed by atoms with Gasteiger partial charge in [-0.25, -0.2) is 0 Å². The van der Waals surface area contributed by atoms with E-state index in [1.807, 2.05) is 0 Å². The van der Waals surface area contributed by atoms with Crippen LogP contribution in [0.25, 0.3) is 0 Å². The molecule has 0 aliphatic rings. The Labute approximate surface area is 195 Å². The SMILES string of the molecule is [Ca].[Cd].[Cd].[Cd].[Cd].[Cd].[Cd]. The minimum atomic E-state index is 0. The second kappa shape index (κ2) is 38.6. The molecule has 2 radical (unpaired) electrons. The van der Waals surface area contributed by atoms with Crippen LogP contribution < -0.4 is 0 Å². The minimum absolute atomic E-state index is 0. The normalized spacial score (nSPS) is 0. The molecule has 0 N–H and O–H groups in total. The van der Waals surface area contributed by atoms with Gasteiger partial charge in [-0.05, 0) is 0 Å². The molecule has 0 bridgehead atoms. The first-order valence-corrected chi connectivity index (χ1v) is 0. The van der Waals surface area contributed by atoms with E-state index < -0.39 is 0 Å². The maximum atomic E-state index is 0. The van der Waals surface area contributed by atoms with E-state index in [0.29, 0.717) is 0 Å². The summed E-state index contributed by atoms with van der Waals surface area (Å²) in [7, 11) is 0. The summed E-state index contributed by atoms with van der Waals surface area (Å²) >= 11 is 0. The molecule has 0 heterocycles. The molecule has 0 aliphatic carbocycles. The van der Waals surface area contributed by atoms with Crippen molar-refractivity contribution in [1.82, 2.24) is 0 Å². The van der Waals surface area contributed by atoms with Crippen molar-refractivity contribution >= 4 is 37.7 Å². The van der Waals surface area contributed by atoms with Crippen LogP contribution in [0.1, 0.15) is 0 Å². The zero-order valence-corrected chi connectivity index (χ0v) is 31.4. The first-order valence-electron chi connectivity index (χ1n) is 0. The molecule has 0 saturated heterocycles. The summed E-state index contributed by atoms with van der Waals surface area (Å²) in [5.74, 6) is 0. The molecule has 0 unspecified atom stereocenters. The van der Waals surface area contributed by atoms with Gasteiger partial charge >= 0.3 is 0 Å². The molecule has 7 heavy (non-hydrogen) atoms. The summed E-state index contributed by atoms with van der Waals surface area (Å²) in [6.45, 7) is 0. The molecule has 0 aliphatic heterocycles. The smallest absolute Gasteiger partial charge is 0 e. The summed E-state index contributed by atoms with van der Waals surface area (Å²) in [4.78, 5) is 0. The summed E-state index contributed by atoms with van der Waals surface area (Å²) in [6, 6.07) is 0. The van der Waals surface area contributed by atoms with E-state index >= 15 is 0 Å². The maximum absolute atomic E-state index is 0. The Bertz CT molecular complexity index is 4.14. The van der Waals surface area contributed by atoms with Crippen LogP contribution in [0, 0.1) is 0 Å². The Kier molecular flexibility index (Phi) is 269. The molecule has 0 spiro atoms. The van der Waals surface area contributed by atoms with E-state index in [1.54, 1.807) is 0 Å². The van der Waals surface area contributed by atoms with Gasteiger partial charge in [0, 0.05) is 202 Å². The van der Waals surface area contributed by atoms with Crippen LogP contribution in [-0.4, -0.2) is 37.7 Å². The van der Waals surface area contributed by atoms with Gasteiger partial charge in [-0.3, -0.25) is 0 Å². The fraction of sp³-hybridized carbons (Fsp3) is 0. The molecule has 0 amide bonds. The van der Waals surface area contributed by atoms with E-state index in [9.17, 15) is 0 Å². The topological polar surface area (TPSA) is 0 Å².